The van der Waals surface area contributed by atoms with Crippen molar-refractivity contribution in [3.8, 4) is 11.5 Å². The van der Waals surface area contributed by atoms with Crippen LogP contribution < -0.4 is 14.8 Å². The van der Waals surface area contributed by atoms with Gasteiger partial charge in [0.25, 0.3) is 0 Å². The lowest BCUT2D eigenvalue weighted by Crippen LogP contribution is -2.54. The third-order valence-electron chi connectivity index (χ3n) is 9.75. The second-order valence-corrected chi connectivity index (χ2v) is 12.3. The van der Waals surface area contributed by atoms with Gasteiger partial charge < -0.3 is 29.3 Å². The molecule has 3 aliphatic heterocycles. The highest BCUT2D eigenvalue weighted by Crippen LogP contribution is 2.43. The number of fused-ring (bicyclic) bond motifs is 1. The minimum absolute atomic E-state index is 0.0207. The molecule has 9 nitrogen and oxygen atoms in total. The zero-order valence-corrected chi connectivity index (χ0v) is 26.2. The van der Waals surface area contributed by atoms with Gasteiger partial charge in [0.1, 0.15) is 18.1 Å². The number of carbonyl (C=O) groups excluding carboxylic acids is 3. The van der Waals surface area contributed by atoms with Crippen molar-refractivity contribution in [2.24, 2.45) is 11.3 Å². The second kappa shape index (κ2) is 14.9. The number of likely N-dealkylation sites (tertiary alicyclic amines) is 2. The summed E-state index contributed by atoms with van der Waals surface area (Å²) in [6.07, 6.45) is 6.90. The van der Waals surface area contributed by atoms with E-state index in [0.29, 0.717) is 70.8 Å². The average Bonchev–Trinajstić information content (AvgIpc) is 3.07. The molecule has 3 amide bonds. The number of benzene rings is 2. The third kappa shape index (κ3) is 7.04. The van der Waals surface area contributed by atoms with Crippen molar-refractivity contribution in [1.29, 1.82) is 0 Å². The molecule has 0 saturated carbocycles. The number of nitrogens with zero attached hydrogens (tertiary/aromatic N) is 2. The first kappa shape index (κ1) is 31.8. The van der Waals surface area contributed by atoms with E-state index in [1.54, 1.807) is 19.1 Å². The molecule has 2 aromatic carbocycles. The van der Waals surface area contributed by atoms with E-state index < -0.39 is 17.4 Å². The van der Waals surface area contributed by atoms with Crippen LogP contribution in [0.4, 0.5) is 0 Å². The molecule has 3 heterocycles. The Labute approximate surface area is 261 Å². The molecule has 2 aromatic rings. The van der Waals surface area contributed by atoms with Crippen LogP contribution in [0.15, 0.2) is 48.5 Å². The van der Waals surface area contributed by atoms with Crippen LogP contribution in [0, 0.1) is 11.3 Å². The molecule has 0 radical (unpaired) electrons. The number of methoxy groups -OCH3 is 2. The van der Waals surface area contributed by atoms with Gasteiger partial charge in [-0.25, -0.2) is 0 Å². The molecule has 238 valence electrons. The van der Waals surface area contributed by atoms with Gasteiger partial charge in [0.05, 0.1) is 37.6 Å². The van der Waals surface area contributed by atoms with Crippen molar-refractivity contribution in [2.45, 2.75) is 63.8 Å². The fraction of sp³-hybridized carbons (Fsp3) is 0.571. The highest BCUT2D eigenvalue weighted by Gasteiger charge is 2.46. The highest BCUT2D eigenvalue weighted by molar-refractivity contribution is 5.86. The normalized spacial score (nSPS) is 23.0. The van der Waals surface area contributed by atoms with Crippen LogP contribution in [0.25, 0.3) is 0 Å². The lowest BCUT2D eigenvalue weighted by molar-refractivity contribution is -0.152. The molecule has 1 N–H and O–H groups in total. The summed E-state index contributed by atoms with van der Waals surface area (Å²) in [4.78, 5) is 44.8. The summed E-state index contributed by atoms with van der Waals surface area (Å²) in [5.74, 6) is 1.30. The van der Waals surface area contributed by atoms with E-state index in [9.17, 15) is 14.4 Å². The molecule has 2 fully saturated rings. The first-order valence-corrected chi connectivity index (χ1v) is 16.2. The lowest BCUT2D eigenvalue weighted by atomic mass is 9.73. The molecular formula is C35H47N3O6. The molecule has 2 atom stereocenters. The van der Waals surface area contributed by atoms with Gasteiger partial charge in [0, 0.05) is 38.7 Å². The average molecular weight is 606 g/mol. The molecule has 9 heteroatoms. The maximum Gasteiger partial charge on any atom is 0.228 e. The Morgan fingerprint density at radius 3 is 2.55 bits per heavy atom. The molecule has 2 saturated heterocycles. The smallest absolute Gasteiger partial charge is 0.228 e. The van der Waals surface area contributed by atoms with Crippen molar-refractivity contribution in [1.82, 2.24) is 15.1 Å². The predicted octanol–water partition coefficient (Wildman–Crippen LogP) is 4.54. The van der Waals surface area contributed by atoms with Gasteiger partial charge in [0.15, 0.2) is 0 Å². The molecule has 44 heavy (non-hydrogen) atoms. The molecule has 0 bridgehead atoms. The Bertz CT molecular complexity index is 1290. The van der Waals surface area contributed by atoms with Gasteiger partial charge in [-0.1, -0.05) is 49.2 Å². The van der Waals surface area contributed by atoms with E-state index in [2.05, 4.69) is 11.4 Å². The number of rotatable bonds is 6. The maximum atomic E-state index is 14.3. The Hall–Kier alpha value is -3.59. The van der Waals surface area contributed by atoms with Crippen molar-refractivity contribution >= 4 is 17.7 Å². The van der Waals surface area contributed by atoms with E-state index in [-0.39, 0.29) is 17.7 Å². The van der Waals surface area contributed by atoms with E-state index in [1.165, 1.54) is 5.56 Å². The molecular weight excluding hydrogens is 558 g/mol. The van der Waals surface area contributed by atoms with Gasteiger partial charge in [0.2, 0.25) is 17.7 Å². The topological polar surface area (TPSA) is 97.4 Å². The van der Waals surface area contributed by atoms with Crippen LogP contribution >= 0.6 is 0 Å². The highest BCUT2D eigenvalue weighted by atomic mass is 16.5. The summed E-state index contributed by atoms with van der Waals surface area (Å²) in [7, 11) is 3.23. The largest absolute Gasteiger partial charge is 0.496 e. The monoisotopic (exact) mass is 605 g/mol. The van der Waals surface area contributed by atoms with Gasteiger partial charge >= 0.3 is 0 Å². The summed E-state index contributed by atoms with van der Waals surface area (Å²) >= 11 is 0. The molecule has 5 rings (SSSR count). The summed E-state index contributed by atoms with van der Waals surface area (Å²) in [6.45, 7) is 2.71. The first-order valence-electron chi connectivity index (χ1n) is 16.2. The molecule has 1 spiro atoms. The number of hydrogen-bond acceptors (Lipinski definition) is 6. The van der Waals surface area contributed by atoms with E-state index in [4.69, 9.17) is 14.2 Å². The summed E-state index contributed by atoms with van der Waals surface area (Å²) in [5, 5.41) is 3.15. The van der Waals surface area contributed by atoms with Crippen molar-refractivity contribution < 1.29 is 28.6 Å². The van der Waals surface area contributed by atoms with Gasteiger partial charge in [-0.2, -0.15) is 0 Å². The van der Waals surface area contributed by atoms with Crippen molar-refractivity contribution in [3.05, 3.63) is 59.7 Å². The number of nitrogens with one attached hydrogen (secondary N) is 1. The van der Waals surface area contributed by atoms with Crippen LogP contribution in [0.2, 0.25) is 0 Å². The molecule has 0 unspecified atom stereocenters. The SMILES string of the molecule is COCCN1C(=O)CC[C@@H](C(=O)N2CCC3(CCCCCc4ccccc4OCCNC3=O)CC2)[C@@H]1c1ccccc1OC. The Morgan fingerprint density at radius 1 is 0.977 bits per heavy atom. The number of hydrogen-bond donors (Lipinski definition) is 1. The summed E-state index contributed by atoms with van der Waals surface area (Å²) in [5.41, 5.74) is 1.56. The van der Waals surface area contributed by atoms with Gasteiger partial charge in [-0.05, 0) is 56.2 Å². The molecule has 0 aromatic heterocycles. The van der Waals surface area contributed by atoms with Crippen LogP contribution in [-0.2, 0) is 25.5 Å². The fourth-order valence-electron chi connectivity index (χ4n) is 7.26. The number of amides is 3. The summed E-state index contributed by atoms with van der Waals surface area (Å²) in [6, 6.07) is 15.4. The van der Waals surface area contributed by atoms with Gasteiger partial charge in [-0.15, -0.1) is 0 Å². The number of ether oxygens (including phenoxy) is 3. The second-order valence-electron chi connectivity index (χ2n) is 12.3. The number of para-hydroxylation sites is 2. The molecule has 3 aliphatic rings. The van der Waals surface area contributed by atoms with E-state index >= 15 is 0 Å². The van der Waals surface area contributed by atoms with Crippen LogP contribution in [0.1, 0.15) is 68.5 Å². The van der Waals surface area contributed by atoms with Crippen molar-refractivity contribution in [2.75, 3.05) is 53.6 Å². The Balaban J connectivity index is 1.30. The Kier molecular flexibility index (Phi) is 10.8. The zero-order chi connectivity index (χ0) is 30.9. The van der Waals surface area contributed by atoms with E-state index in [1.807, 2.05) is 47.4 Å². The minimum atomic E-state index is -0.493. The predicted molar refractivity (Wildman–Crippen MR) is 167 cm³/mol. The quantitative estimate of drug-likeness (QED) is 0.520. The molecule has 0 aliphatic carbocycles. The number of aryl methyl sites for hydroxylation is 1. The third-order valence-corrected chi connectivity index (χ3v) is 9.75. The van der Waals surface area contributed by atoms with Crippen molar-refractivity contribution in [3.63, 3.8) is 0 Å². The first-order chi connectivity index (χ1) is 21.5. The fourth-order valence-corrected chi connectivity index (χ4v) is 7.26. The van der Waals surface area contributed by atoms with Crippen LogP contribution in [0.5, 0.6) is 11.5 Å². The van der Waals surface area contributed by atoms with Gasteiger partial charge in [-0.3, -0.25) is 14.4 Å². The standard InChI is InChI=1S/C35H47N3O6/c1-42-25-23-38-31(39)16-15-28(32(38)27-12-6-8-14-30(27)43-2)33(40)37-21-18-35(19-22-37)17-9-3-4-10-26-11-5-7-13-29(26)44-24-20-36-34(35)41/h5-8,11-14,28,32H,3-4,9-10,15-25H2,1-2H3,(H,36,41)/t28-,32+/m1/s1. The number of carbonyl (C=O) groups is 3. The minimum Gasteiger partial charge on any atom is -0.496 e. The Morgan fingerprint density at radius 2 is 1.75 bits per heavy atom. The van der Waals surface area contributed by atoms with Crippen LogP contribution in [0.3, 0.4) is 0 Å². The summed E-state index contributed by atoms with van der Waals surface area (Å²) < 4.78 is 17.0. The lowest BCUT2D eigenvalue weighted by Gasteiger charge is -2.45. The zero-order valence-electron chi connectivity index (χ0n) is 26.2. The van der Waals surface area contributed by atoms with Crippen LogP contribution in [-0.4, -0.2) is 81.1 Å². The van der Waals surface area contributed by atoms with E-state index in [0.717, 1.165) is 43.4 Å². The maximum absolute atomic E-state index is 14.3. The number of piperidine rings is 2.